The third kappa shape index (κ3) is 5.03. The SMILES string of the molecule is Cc1ccc(S(=O)(=O)N(C)Cc2ccc(C(=O)Nc3ccccc3Cl)cc2)cc1. The topological polar surface area (TPSA) is 66.5 Å². The minimum Gasteiger partial charge on any atom is -0.321 e. The minimum atomic E-state index is -3.59. The highest BCUT2D eigenvalue weighted by Gasteiger charge is 2.20. The number of sulfonamides is 1. The van der Waals surface area contributed by atoms with Gasteiger partial charge in [0.1, 0.15) is 0 Å². The second-order valence-corrected chi connectivity index (χ2v) is 9.16. The Bertz CT molecular complexity index is 1110. The first kappa shape index (κ1) is 21.0. The van der Waals surface area contributed by atoms with Crippen molar-refractivity contribution in [1.82, 2.24) is 4.31 Å². The van der Waals surface area contributed by atoms with E-state index in [0.29, 0.717) is 16.3 Å². The minimum absolute atomic E-state index is 0.197. The predicted molar refractivity (Wildman–Crippen MR) is 116 cm³/mol. The molecular weight excluding hydrogens is 408 g/mol. The van der Waals surface area contributed by atoms with Gasteiger partial charge in [-0.05, 0) is 48.9 Å². The van der Waals surface area contributed by atoms with E-state index in [0.717, 1.165) is 11.1 Å². The zero-order valence-corrected chi connectivity index (χ0v) is 17.7. The van der Waals surface area contributed by atoms with Crippen LogP contribution in [0, 0.1) is 6.92 Å². The van der Waals surface area contributed by atoms with Crippen molar-refractivity contribution in [1.29, 1.82) is 0 Å². The maximum atomic E-state index is 12.7. The lowest BCUT2D eigenvalue weighted by Gasteiger charge is -2.17. The van der Waals surface area contributed by atoms with Crippen LogP contribution in [0.25, 0.3) is 0 Å². The summed E-state index contributed by atoms with van der Waals surface area (Å²) in [5.41, 5.74) is 2.76. The summed E-state index contributed by atoms with van der Waals surface area (Å²) in [4.78, 5) is 12.6. The van der Waals surface area contributed by atoms with Gasteiger partial charge in [-0.1, -0.05) is 53.6 Å². The Morgan fingerprint density at radius 1 is 0.966 bits per heavy atom. The van der Waals surface area contributed by atoms with Crippen molar-refractivity contribution in [3.05, 3.63) is 94.5 Å². The monoisotopic (exact) mass is 428 g/mol. The predicted octanol–water partition coefficient (Wildman–Crippen LogP) is 4.72. The number of rotatable bonds is 6. The van der Waals surface area contributed by atoms with Gasteiger partial charge >= 0.3 is 0 Å². The summed E-state index contributed by atoms with van der Waals surface area (Å²) >= 11 is 6.06. The summed E-state index contributed by atoms with van der Waals surface area (Å²) in [6, 6.07) is 20.5. The number of aryl methyl sites for hydroxylation is 1. The van der Waals surface area contributed by atoms with Gasteiger partial charge in [0.25, 0.3) is 5.91 Å². The quantitative estimate of drug-likeness (QED) is 0.617. The van der Waals surface area contributed by atoms with Crippen LogP contribution in [0.5, 0.6) is 0 Å². The summed E-state index contributed by atoms with van der Waals surface area (Å²) < 4.78 is 26.7. The second-order valence-electron chi connectivity index (χ2n) is 6.71. The largest absolute Gasteiger partial charge is 0.321 e. The Labute approximate surface area is 176 Å². The van der Waals surface area contributed by atoms with Crippen LogP contribution in [0.15, 0.2) is 77.7 Å². The maximum Gasteiger partial charge on any atom is 0.255 e. The standard InChI is InChI=1S/C22H21ClN2O3S/c1-16-7-13-19(14-8-16)29(27,28)25(2)15-17-9-11-18(12-10-17)22(26)24-21-6-4-3-5-20(21)23/h3-14H,15H2,1-2H3,(H,24,26). The fourth-order valence-corrected chi connectivity index (χ4v) is 4.09. The van der Waals surface area contributed by atoms with Crippen molar-refractivity contribution in [2.45, 2.75) is 18.4 Å². The molecule has 3 aromatic rings. The molecule has 7 heteroatoms. The molecule has 29 heavy (non-hydrogen) atoms. The first-order valence-corrected chi connectivity index (χ1v) is 10.8. The van der Waals surface area contributed by atoms with Gasteiger partial charge in [-0.2, -0.15) is 4.31 Å². The maximum absolute atomic E-state index is 12.7. The number of para-hydroxylation sites is 1. The molecule has 0 unspecified atom stereocenters. The zero-order chi connectivity index (χ0) is 21.0. The molecule has 0 saturated heterocycles. The molecule has 3 rings (SSSR count). The van der Waals surface area contributed by atoms with Crippen LogP contribution in [0.4, 0.5) is 5.69 Å². The van der Waals surface area contributed by atoms with Gasteiger partial charge in [0.2, 0.25) is 10.0 Å². The van der Waals surface area contributed by atoms with Crippen molar-refractivity contribution >= 4 is 33.2 Å². The molecule has 0 radical (unpaired) electrons. The molecule has 0 fully saturated rings. The van der Waals surface area contributed by atoms with Crippen LogP contribution in [0.3, 0.4) is 0 Å². The number of benzene rings is 3. The van der Waals surface area contributed by atoms with E-state index in [9.17, 15) is 13.2 Å². The van der Waals surface area contributed by atoms with Crippen molar-refractivity contribution in [3.63, 3.8) is 0 Å². The summed E-state index contributed by atoms with van der Waals surface area (Å²) in [5.74, 6) is -0.287. The van der Waals surface area contributed by atoms with Crippen LogP contribution >= 0.6 is 11.6 Å². The first-order valence-electron chi connectivity index (χ1n) is 8.95. The molecule has 3 aromatic carbocycles. The number of amides is 1. The summed E-state index contributed by atoms with van der Waals surface area (Å²) in [5, 5.41) is 3.22. The van der Waals surface area contributed by atoms with Crippen LogP contribution in [0.2, 0.25) is 5.02 Å². The van der Waals surface area contributed by atoms with E-state index in [2.05, 4.69) is 5.32 Å². The number of nitrogens with one attached hydrogen (secondary N) is 1. The smallest absolute Gasteiger partial charge is 0.255 e. The van der Waals surface area contributed by atoms with Crippen LogP contribution in [-0.2, 0) is 16.6 Å². The third-order valence-corrected chi connectivity index (χ3v) is 6.62. The number of anilines is 1. The lowest BCUT2D eigenvalue weighted by molar-refractivity contribution is 0.102. The Morgan fingerprint density at radius 3 is 2.21 bits per heavy atom. The average molecular weight is 429 g/mol. The highest BCUT2D eigenvalue weighted by atomic mass is 35.5. The molecule has 1 amide bonds. The van der Waals surface area contributed by atoms with Crippen molar-refractivity contribution in [2.24, 2.45) is 0 Å². The van der Waals surface area contributed by atoms with Gasteiger partial charge in [-0.3, -0.25) is 4.79 Å². The van der Waals surface area contributed by atoms with E-state index in [1.54, 1.807) is 72.8 Å². The number of halogens is 1. The molecule has 0 saturated carbocycles. The number of carbonyl (C=O) groups excluding carboxylic acids is 1. The Balaban J connectivity index is 1.69. The Kier molecular flexibility index (Phi) is 6.37. The summed E-state index contributed by atoms with van der Waals surface area (Å²) in [6.07, 6.45) is 0. The lowest BCUT2D eigenvalue weighted by Crippen LogP contribution is -2.26. The highest BCUT2D eigenvalue weighted by Crippen LogP contribution is 2.22. The zero-order valence-electron chi connectivity index (χ0n) is 16.1. The van der Waals surface area contributed by atoms with Crippen molar-refractivity contribution in [2.75, 3.05) is 12.4 Å². The number of nitrogens with zero attached hydrogens (tertiary/aromatic N) is 1. The fourth-order valence-electron chi connectivity index (χ4n) is 2.75. The summed E-state index contributed by atoms with van der Waals surface area (Å²) in [6.45, 7) is 2.10. The van der Waals surface area contributed by atoms with Gasteiger partial charge in [0.15, 0.2) is 0 Å². The number of hydrogen-bond donors (Lipinski definition) is 1. The Morgan fingerprint density at radius 2 is 1.59 bits per heavy atom. The molecule has 0 aliphatic heterocycles. The molecule has 5 nitrogen and oxygen atoms in total. The van der Waals surface area contributed by atoms with E-state index >= 15 is 0 Å². The molecular formula is C22H21ClN2O3S. The highest BCUT2D eigenvalue weighted by molar-refractivity contribution is 7.89. The van der Waals surface area contributed by atoms with E-state index in [4.69, 9.17) is 11.6 Å². The molecule has 1 N–H and O–H groups in total. The van der Waals surface area contributed by atoms with Crippen molar-refractivity contribution < 1.29 is 13.2 Å². The second kappa shape index (κ2) is 8.78. The van der Waals surface area contributed by atoms with Gasteiger partial charge in [0.05, 0.1) is 15.6 Å². The van der Waals surface area contributed by atoms with Crippen LogP contribution in [-0.4, -0.2) is 25.7 Å². The molecule has 0 heterocycles. The molecule has 0 bridgehead atoms. The van der Waals surface area contributed by atoms with E-state index < -0.39 is 10.0 Å². The molecule has 0 aromatic heterocycles. The molecule has 0 atom stereocenters. The lowest BCUT2D eigenvalue weighted by atomic mass is 10.1. The van der Waals surface area contributed by atoms with Gasteiger partial charge in [-0.15, -0.1) is 0 Å². The third-order valence-electron chi connectivity index (χ3n) is 4.47. The molecule has 0 aliphatic carbocycles. The summed E-state index contributed by atoms with van der Waals surface area (Å²) in [7, 11) is -2.05. The number of hydrogen-bond acceptors (Lipinski definition) is 3. The molecule has 0 aliphatic rings. The van der Waals surface area contributed by atoms with E-state index in [1.807, 2.05) is 6.92 Å². The fraction of sp³-hybridized carbons (Fsp3) is 0.136. The van der Waals surface area contributed by atoms with Gasteiger partial charge in [0, 0.05) is 19.2 Å². The molecule has 150 valence electrons. The van der Waals surface area contributed by atoms with Crippen LogP contribution in [0.1, 0.15) is 21.5 Å². The van der Waals surface area contributed by atoms with Crippen molar-refractivity contribution in [3.8, 4) is 0 Å². The average Bonchev–Trinajstić information content (AvgIpc) is 2.70. The number of carbonyl (C=O) groups is 1. The normalized spacial score (nSPS) is 11.4. The van der Waals surface area contributed by atoms with E-state index in [1.165, 1.54) is 11.4 Å². The Hall–Kier alpha value is -2.67. The van der Waals surface area contributed by atoms with Crippen LogP contribution < -0.4 is 5.32 Å². The van der Waals surface area contributed by atoms with Gasteiger partial charge in [-0.25, -0.2) is 8.42 Å². The molecule has 0 spiro atoms. The van der Waals surface area contributed by atoms with E-state index in [-0.39, 0.29) is 17.3 Å². The first-order chi connectivity index (χ1) is 13.8. The van der Waals surface area contributed by atoms with Gasteiger partial charge < -0.3 is 5.32 Å².